The molecular formula is C20H23ClNO6P. The molecule has 1 N–H and O–H groups in total. The van der Waals surface area contributed by atoms with Gasteiger partial charge in [-0.05, 0) is 31.5 Å². The minimum absolute atomic E-state index is 0.109. The van der Waals surface area contributed by atoms with Crippen LogP contribution < -0.4 is 9.61 Å². The minimum atomic E-state index is -3.89. The maximum atomic E-state index is 12.5. The molecule has 0 heterocycles. The molecule has 0 aliphatic carbocycles. The van der Waals surface area contributed by atoms with Crippen molar-refractivity contribution in [1.29, 1.82) is 0 Å². The first-order chi connectivity index (χ1) is 13.7. The van der Waals surface area contributed by atoms with E-state index < -0.39 is 24.5 Å². The van der Waals surface area contributed by atoms with Crippen LogP contribution >= 0.6 is 18.1 Å². The summed E-state index contributed by atoms with van der Waals surface area (Å²) in [5.74, 6) is -0.304. The van der Waals surface area contributed by atoms with Gasteiger partial charge in [-0.25, -0.2) is 14.4 Å². The van der Waals surface area contributed by atoms with E-state index in [-0.39, 0.29) is 19.0 Å². The Balaban J connectivity index is 1.87. The molecule has 0 amide bonds. The lowest BCUT2D eigenvalue weighted by Gasteiger charge is -2.28. The van der Waals surface area contributed by atoms with Gasteiger partial charge in [0.1, 0.15) is 24.2 Å². The molecule has 2 rings (SSSR count). The van der Waals surface area contributed by atoms with E-state index in [1.165, 1.54) is 13.8 Å². The Morgan fingerprint density at radius 2 is 1.76 bits per heavy atom. The van der Waals surface area contributed by atoms with E-state index in [1.54, 1.807) is 30.3 Å². The van der Waals surface area contributed by atoms with Gasteiger partial charge in [0.2, 0.25) is 0 Å². The number of ether oxygens (including phenoxy) is 2. The Labute approximate surface area is 174 Å². The van der Waals surface area contributed by atoms with Crippen LogP contribution in [0.25, 0.3) is 0 Å². The molecule has 0 aliphatic rings. The molecule has 1 unspecified atom stereocenters. The number of carbonyl (C=O) groups is 2. The number of benzene rings is 2. The van der Waals surface area contributed by atoms with Crippen LogP contribution in [0.5, 0.6) is 5.75 Å². The Hall–Kier alpha value is -2.18. The second-order valence-electron chi connectivity index (χ2n) is 6.58. The fourth-order valence-corrected chi connectivity index (χ4v) is 4.23. The first kappa shape index (κ1) is 23.1. The number of nitrogens with one attached hydrogen (secondary N) is 1. The molecule has 0 fully saturated rings. The van der Waals surface area contributed by atoms with Gasteiger partial charge in [-0.3, -0.25) is 0 Å². The largest absolute Gasteiger partial charge is 0.459 e. The quantitative estimate of drug-likeness (QED) is 0.320. The summed E-state index contributed by atoms with van der Waals surface area (Å²) in [5, 5.41) is 2.47. The Morgan fingerprint density at radius 3 is 2.34 bits per heavy atom. The first-order valence-electron chi connectivity index (χ1n) is 8.85. The molecule has 0 radical (unpaired) electrons. The molecule has 0 bridgehead atoms. The first-order valence-corrected chi connectivity index (χ1v) is 11.4. The van der Waals surface area contributed by atoms with Crippen LogP contribution in [0.3, 0.4) is 0 Å². The number of carbonyl (C=O) groups excluding carboxylic acids is 2. The van der Waals surface area contributed by atoms with Gasteiger partial charge in [-0.15, -0.1) is 0 Å². The summed E-state index contributed by atoms with van der Waals surface area (Å²) < 4.78 is 28.4. The maximum absolute atomic E-state index is 12.5. The van der Waals surface area contributed by atoms with E-state index in [0.29, 0.717) is 6.29 Å². The SMILES string of the molecule is C[C@H](OC[C@](C)(C=O)NP(=O)(Cl)Oc1ccccc1)C(=O)OCc1ccccc1. The highest BCUT2D eigenvalue weighted by Crippen LogP contribution is 2.49. The molecule has 2 aromatic rings. The van der Waals surface area contributed by atoms with Crippen molar-refractivity contribution in [2.24, 2.45) is 0 Å². The number of halogens is 1. The average Bonchev–Trinajstić information content (AvgIpc) is 2.71. The smallest absolute Gasteiger partial charge is 0.410 e. The van der Waals surface area contributed by atoms with E-state index in [1.807, 2.05) is 30.3 Å². The van der Waals surface area contributed by atoms with E-state index in [2.05, 4.69) is 5.09 Å². The molecule has 0 aliphatic heterocycles. The van der Waals surface area contributed by atoms with Gasteiger partial charge in [0.15, 0.2) is 6.10 Å². The summed E-state index contributed by atoms with van der Waals surface area (Å²) in [6.07, 6.45) is -0.442. The molecule has 156 valence electrons. The molecule has 3 atom stereocenters. The van der Waals surface area contributed by atoms with Gasteiger partial charge in [-0.2, -0.15) is 0 Å². The van der Waals surface area contributed by atoms with Crippen molar-refractivity contribution in [3.63, 3.8) is 0 Å². The zero-order valence-electron chi connectivity index (χ0n) is 16.1. The Morgan fingerprint density at radius 1 is 1.17 bits per heavy atom. The van der Waals surface area contributed by atoms with Gasteiger partial charge >= 0.3 is 12.8 Å². The second kappa shape index (κ2) is 10.6. The summed E-state index contributed by atoms with van der Waals surface area (Å²) in [7, 11) is 0. The van der Waals surface area contributed by atoms with E-state index in [0.717, 1.165) is 5.56 Å². The third kappa shape index (κ3) is 7.99. The minimum Gasteiger partial charge on any atom is -0.459 e. The highest BCUT2D eigenvalue weighted by Gasteiger charge is 2.35. The summed E-state index contributed by atoms with van der Waals surface area (Å²) in [6, 6.07) is 17.5. The van der Waals surface area contributed by atoms with Crippen molar-refractivity contribution >= 4 is 30.4 Å². The van der Waals surface area contributed by atoms with Crippen molar-refractivity contribution < 1.29 is 28.2 Å². The lowest BCUT2D eigenvalue weighted by atomic mass is 10.1. The van der Waals surface area contributed by atoms with Crippen LogP contribution in [0.4, 0.5) is 0 Å². The van der Waals surface area contributed by atoms with Crippen LogP contribution in [-0.2, 0) is 30.2 Å². The molecule has 29 heavy (non-hydrogen) atoms. The number of hydrogen-bond acceptors (Lipinski definition) is 6. The van der Waals surface area contributed by atoms with Crippen LogP contribution in [-0.4, -0.2) is 30.5 Å². The number of hydrogen-bond donors (Lipinski definition) is 1. The normalized spacial score (nSPS) is 16.1. The van der Waals surface area contributed by atoms with Gasteiger partial charge < -0.3 is 18.8 Å². The highest BCUT2D eigenvalue weighted by molar-refractivity contribution is 7.84. The number of para-hydroxylation sites is 1. The fourth-order valence-electron chi connectivity index (χ4n) is 2.25. The van der Waals surface area contributed by atoms with E-state index in [9.17, 15) is 14.2 Å². The van der Waals surface area contributed by atoms with Crippen molar-refractivity contribution in [2.75, 3.05) is 6.61 Å². The third-order valence-electron chi connectivity index (χ3n) is 3.80. The van der Waals surface area contributed by atoms with E-state index >= 15 is 0 Å². The van der Waals surface area contributed by atoms with Gasteiger partial charge in [-0.1, -0.05) is 48.5 Å². The van der Waals surface area contributed by atoms with E-state index in [4.69, 9.17) is 25.2 Å². The summed E-state index contributed by atoms with van der Waals surface area (Å²) in [6.45, 7) is -1.12. The highest BCUT2D eigenvalue weighted by atomic mass is 35.7. The summed E-state index contributed by atoms with van der Waals surface area (Å²) >= 11 is 5.95. The molecule has 0 spiro atoms. The van der Waals surface area contributed by atoms with Crippen molar-refractivity contribution in [2.45, 2.75) is 32.1 Å². The summed E-state index contributed by atoms with van der Waals surface area (Å²) in [4.78, 5) is 23.6. The van der Waals surface area contributed by atoms with Crippen molar-refractivity contribution in [3.05, 3.63) is 66.2 Å². The summed E-state index contributed by atoms with van der Waals surface area (Å²) in [5.41, 5.74) is -0.603. The maximum Gasteiger partial charge on any atom is 0.410 e. The molecule has 9 heteroatoms. The Kier molecular flexibility index (Phi) is 8.41. The average molecular weight is 440 g/mol. The topological polar surface area (TPSA) is 90.9 Å². The molecule has 0 aromatic heterocycles. The lowest BCUT2D eigenvalue weighted by Crippen LogP contribution is -2.47. The van der Waals surface area contributed by atoms with Crippen LogP contribution in [0.2, 0.25) is 0 Å². The monoisotopic (exact) mass is 439 g/mol. The number of aldehydes is 1. The standard InChI is InChI=1S/C20H23ClNO6P/c1-16(19(24)26-13-17-9-5-3-6-10-17)27-15-20(2,14-23)22-29(21,25)28-18-11-7-4-8-12-18/h3-12,14,16H,13,15H2,1-2H3,(H,22,25)/t16-,20-,29?/m0/s1. The van der Waals surface area contributed by atoms with Gasteiger partial charge in [0, 0.05) is 11.2 Å². The molecular weight excluding hydrogens is 417 g/mol. The molecule has 2 aromatic carbocycles. The zero-order valence-corrected chi connectivity index (χ0v) is 17.8. The molecule has 0 saturated heterocycles. The van der Waals surface area contributed by atoms with Crippen molar-refractivity contribution in [1.82, 2.24) is 5.09 Å². The van der Waals surface area contributed by atoms with Crippen LogP contribution in [0.15, 0.2) is 60.7 Å². The molecule has 7 nitrogen and oxygen atoms in total. The number of esters is 1. The molecule has 0 saturated carbocycles. The van der Waals surface area contributed by atoms with Crippen LogP contribution in [0.1, 0.15) is 19.4 Å². The zero-order chi connectivity index (χ0) is 21.3. The fraction of sp³-hybridized carbons (Fsp3) is 0.300. The third-order valence-corrected chi connectivity index (χ3v) is 5.49. The predicted octanol–water partition coefficient (Wildman–Crippen LogP) is 4.11. The van der Waals surface area contributed by atoms with Gasteiger partial charge in [0.05, 0.1) is 6.61 Å². The van der Waals surface area contributed by atoms with Crippen LogP contribution in [0, 0.1) is 0 Å². The lowest BCUT2D eigenvalue weighted by molar-refractivity contribution is -0.158. The number of rotatable bonds is 11. The van der Waals surface area contributed by atoms with Crippen molar-refractivity contribution in [3.8, 4) is 5.75 Å². The second-order valence-corrected chi connectivity index (χ2v) is 9.28. The predicted molar refractivity (Wildman–Crippen MR) is 110 cm³/mol. The Bertz CT molecular complexity index is 851. The van der Waals surface area contributed by atoms with Gasteiger partial charge in [0.25, 0.3) is 0 Å².